The van der Waals surface area contributed by atoms with Gasteiger partial charge < -0.3 is 4.42 Å². The van der Waals surface area contributed by atoms with Crippen molar-refractivity contribution in [1.29, 1.82) is 0 Å². The van der Waals surface area contributed by atoms with Crippen LogP contribution >= 0.6 is 0 Å². The molecule has 11 heteroatoms. The van der Waals surface area contributed by atoms with Crippen molar-refractivity contribution in [2.24, 2.45) is 0 Å². The number of nitrogens with one attached hydrogen (secondary N) is 1. The number of carbonyl (C=O) groups is 1. The first kappa shape index (κ1) is 19.9. The van der Waals surface area contributed by atoms with Gasteiger partial charge in [-0.05, 0) is 35.9 Å². The molecule has 0 fully saturated rings. The molecule has 1 amide bonds. The van der Waals surface area contributed by atoms with Crippen molar-refractivity contribution < 1.29 is 22.6 Å². The molecule has 0 radical (unpaired) electrons. The monoisotopic (exact) mass is 414 g/mol. The molecule has 0 unspecified atom stereocenters. The molecule has 10 nitrogen and oxygen atoms in total. The normalized spacial score (nSPS) is 11.5. The SMILES string of the molecule is CS(=O)(=O)c1ccc(-c2nnc(NC(=O)/C=C/c3cccc([N+](=O)[O-])c3)o2)cc1. The van der Waals surface area contributed by atoms with E-state index in [1.807, 2.05) is 0 Å². The van der Waals surface area contributed by atoms with Gasteiger partial charge in [0.25, 0.3) is 11.6 Å². The summed E-state index contributed by atoms with van der Waals surface area (Å²) in [6.07, 6.45) is 3.68. The first-order valence-corrected chi connectivity index (χ1v) is 9.99. The van der Waals surface area contributed by atoms with E-state index in [0.717, 1.165) is 6.26 Å². The van der Waals surface area contributed by atoms with Crippen LogP contribution in [0.4, 0.5) is 11.7 Å². The Bertz CT molecular complexity index is 1200. The van der Waals surface area contributed by atoms with E-state index in [1.165, 1.54) is 54.6 Å². The lowest BCUT2D eigenvalue weighted by molar-refractivity contribution is -0.384. The molecule has 0 saturated carbocycles. The van der Waals surface area contributed by atoms with Crippen molar-refractivity contribution >= 4 is 33.5 Å². The van der Waals surface area contributed by atoms with Crippen LogP contribution in [0.5, 0.6) is 0 Å². The minimum atomic E-state index is -3.32. The summed E-state index contributed by atoms with van der Waals surface area (Å²) in [6.45, 7) is 0. The van der Waals surface area contributed by atoms with Crippen LogP contribution in [-0.2, 0) is 14.6 Å². The molecule has 29 heavy (non-hydrogen) atoms. The molecule has 3 aromatic rings. The molecule has 1 aromatic heterocycles. The summed E-state index contributed by atoms with van der Waals surface area (Å²) in [7, 11) is -3.32. The van der Waals surface area contributed by atoms with Crippen LogP contribution in [-0.4, -0.2) is 35.7 Å². The molecule has 1 N–H and O–H groups in total. The smallest absolute Gasteiger partial charge is 0.322 e. The minimum absolute atomic E-state index is 0.0870. The van der Waals surface area contributed by atoms with E-state index in [0.29, 0.717) is 11.1 Å². The quantitative estimate of drug-likeness (QED) is 0.368. The van der Waals surface area contributed by atoms with E-state index in [2.05, 4.69) is 15.5 Å². The maximum absolute atomic E-state index is 12.0. The van der Waals surface area contributed by atoms with Gasteiger partial charge in [0.1, 0.15) is 0 Å². The Labute approximate surface area is 165 Å². The summed E-state index contributed by atoms with van der Waals surface area (Å²) < 4.78 is 28.3. The number of hydrogen-bond donors (Lipinski definition) is 1. The number of carbonyl (C=O) groups excluding carboxylic acids is 1. The average molecular weight is 414 g/mol. The number of nitrogens with zero attached hydrogens (tertiary/aromatic N) is 3. The number of nitro benzene ring substituents is 1. The lowest BCUT2D eigenvalue weighted by atomic mass is 10.2. The number of sulfone groups is 1. The van der Waals surface area contributed by atoms with Crippen LogP contribution in [0.2, 0.25) is 0 Å². The van der Waals surface area contributed by atoms with Gasteiger partial charge in [-0.3, -0.25) is 20.2 Å². The van der Waals surface area contributed by atoms with Crippen molar-refractivity contribution in [2.45, 2.75) is 4.90 Å². The number of anilines is 1. The topological polar surface area (TPSA) is 145 Å². The molecule has 2 aromatic carbocycles. The Morgan fingerprint density at radius 1 is 1.17 bits per heavy atom. The summed E-state index contributed by atoms with van der Waals surface area (Å²) in [5.74, 6) is -0.470. The molecule has 0 bridgehead atoms. The van der Waals surface area contributed by atoms with Crippen molar-refractivity contribution in [2.75, 3.05) is 11.6 Å². The van der Waals surface area contributed by atoms with Crippen LogP contribution in [0.1, 0.15) is 5.56 Å². The van der Waals surface area contributed by atoms with Gasteiger partial charge in [0.05, 0.1) is 9.82 Å². The van der Waals surface area contributed by atoms with Crippen molar-refractivity contribution in [3.05, 3.63) is 70.3 Å². The van der Waals surface area contributed by atoms with Crippen molar-refractivity contribution in [1.82, 2.24) is 10.2 Å². The summed E-state index contributed by atoms with van der Waals surface area (Å²) in [5.41, 5.74) is 0.875. The van der Waals surface area contributed by atoms with Crippen LogP contribution in [0.3, 0.4) is 0 Å². The molecule has 0 spiro atoms. The summed E-state index contributed by atoms with van der Waals surface area (Å²) in [4.78, 5) is 22.4. The predicted octanol–water partition coefficient (Wildman–Crippen LogP) is 2.70. The third-order valence-electron chi connectivity index (χ3n) is 3.69. The number of hydrogen-bond acceptors (Lipinski definition) is 8. The average Bonchev–Trinajstić information content (AvgIpc) is 3.14. The molecule has 0 saturated heterocycles. The zero-order valence-corrected chi connectivity index (χ0v) is 15.8. The highest BCUT2D eigenvalue weighted by Crippen LogP contribution is 2.22. The van der Waals surface area contributed by atoms with Crippen molar-refractivity contribution in [3.8, 4) is 11.5 Å². The fourth-order valence-electron chi connectivity index (χ4n) is 2.30. The highest BCUT2D eigenvalue weighted by Gasteiger charge is 2.12. The van der Waals surface area contributed by atoms with Crippen LogP contribution < -0.4 is 5.32 Å². The van der Waals surface area contributed by atoms with E-state index in [9.17, 15) is 23.3 Å². The van der Waals surface area contributed by atoms with E-state index in [4.69, 9.17) is 4.42 Å². The van der Waals surface area contributed by atoms with Gasteiger partial charge in [0.15, 0.2) is 9.84 Å². The number of non-ortho nitro benzene ring substituents is 1. The molecule has 0 aliphatic rings. The summed E-state index contributed by atoms with van der Waals surface area (Å²) >= 11 is 0. The zero-order chi connectivity index (χ0) is 21.0. The standard InChI is InChI=1S/C18H14N4O6S/c1-29(26,27)15-8-6-13(7-9-15)17-20-21-18(28-17)19-16(23)10-5-12-3-2-4-14(11-12)22(24)25/h2-11H,1H3,(H,19,21,23)/b10-5+. The lowest BCUT2D eigenvalue weighted by Gasteiger charge is -1.99. The second-order valence-electron chi connectivity index (χ2n) is 5.88. The summed E-state index contributed by atoms with van der Waals surface area (Å²) in [6, 6.07) is 11.5. The number of rotatable bonds is 6. The summed E-state index contributed by atoms with van der Waals surface area (Å²) in [5, 5.41) is 20.7. The Morgan fingerprint density at radius 3 is 2.55 bits per heavy atom. The van der Waals surface area contributed by atoms with Gasteiger partial charge in [-0.15, -0.1) is 5.10 Å². The minimum Gasteiger partial charge on any atom is -0.403 e. The van der Waals surface area contributed by atoms with E-state index >= 15 is 0 Å². The highest BCUT2D eigenvalue weighted by molar-refractivity contribution is 7.90. The van der Waals surface area contributed by atoms with Crippen LogP contribution in [0, 0.1) is 10.1 Å². The van der Waals surface area contributed by atoms with E-state index in [-0.39, 0.29) is 22.5 Å². The fourth-order valence-corrected chi connectivity index (χ4v) is 2.93. The molecule has 148 valence electrons. The highest BCUT2D eigenvalue weighted by atomic mass is 32.2. The van der Waals surface area contributed by atoms with Gasteiger partial charge in [-0.25, -0.2) is 8.42 Å². The molecule has 3 rings (SSSR count). The second-order valence-corrected chi connectivity index (χ2v) is 7.90. The van der Waals surface area contributed by atoms with Gasteiger partial charge in [0, 0.05) is 30.0 Å². The molecule has 0 aliphatic carbocycles. The van der Waals surface area contributed by atoms with Gasteiger partial charge in [-0.1, -0.05) is 17.2 Å². The molecule has 0 atom stereocenters. The van der Waals surface area contributed by atoms with E-state index in [1.54, 1.807) is 6.07 Å². The van der Waals surface area contributed by atoms with Crippen molar-refractivity contribution in [3.63, 3.8) is 0 Å². The van der Waals surface area contributed by atoms with E-state index < -0.39 is 20.7 Å². The Hall–Kier alpha value is -3.86. The van der Waals surface area contributed by atoms with Gasteiger partial charge in [0.2, 0.25) is 5.89 Å². The second kappa shape index (κ2) is 8.02. The maximum atomic E-state index is 12.0. The molecule has 0 aliphatic heterocycles. The number of nitro groups is 1. The number of amides is 1. The molecular formula is C18H14N4O6S. The molecule has 1 heterocycles. The fraction of sp³-hybridized carbons (Fsp3) is 0.0556. The van der Waals surface area contributed by atoms with Crippen LogP contribution in [0.15, 0.2) is 63.9 Å². The number of aromatic nitrogens is 2. The Balaban J connectivity index is 1.67. The largest absolute Gasteiger partial charge is 0.403 e. The third kappa shape index (κ3) is 5.11. The van der Waals surface area contributed by atoms with Crippen LogP contribution in [0.25, 0.3) is 17.5 Å². The lowest BCUT2D eigenvalue weighted by Crippen LogP contribution is -2.07. The Morgan fingerprint density at radius 2 is 1.90 bits per heavy atom. The van der Waals surface area contributed by atoms with Gasteiger partial charge >= 0.3 is 6.01 Å². The predicted molar refractivity (Wildman–Crippen MR) is 104 cm³/mol. The Kier molecular flexibility index (Phi) is 5.50. The molecular weight excluding hydrogens is 400 g/mol. The zero-order valence-electron chi connectivity index (χ0n) is 15.0. The number of benzene rings is 2. The maximum Gasteiger partial charge on any atom is 0.322 e. The third-order valence-corrected chi connectivity index (χ3v) is 4.82. The first-order chi connectivity index (χ1) is 13.7. The van der Waals surface area contributed by atoms with Gasteiger partial charge in [-0.2, -0.15) is 0 Å². The first-order valence-electron chi connectivity index (χ1n) is 8.10.